The average molecular weight is 475 g/mol. The van der Waals surface area contributed by atoms with Crippen molar-refractivity contribution in [2.45, 2.75) is 18.2 Å². The Morgan fingerprint density at radius 1 is 0.971 bits per heavy atom. The predicted molar refractivity (Wildman–Crippen MR) is 134 cm³/mol. The lowest BCUT2D eigenvalue weighted by atomic mass is 10.0. The Morgan fingerprint density at radius 2 is 1.54 bits per heavy atom. The van der Waals surface area contributed by atoms with E-state index in [-0.39, 0.29) is 12.6 Å². The highest BCUT2D eigenvalue weighted by atomic mass is 16.7. The third kappa shape index (κ3) is 6.45. The molecule has 3 aromatic carbocycles. The van der Waals surface area contributed by atoms with E-state index in [2.05, 4.69) is 9.89 Å². The first kappa shape index (κ1) is 24.4. The highest BCUT2D eigenvalue weighted by molar-refractivity contribution is 5.97. The number of aliphatic imine (C=N–C) groups is 1. The van der Waals surface area contributed by atoms with Crippen molar-refractivity contribution in [3.8, 4) is 5.75 Å². The quantitative estimate of drug-likeness (QED) is 0.201. The lowest BCUT2D eigenvalue weighted by Gasteiger charge is -2.33. The summed E-state index contributed by atoms with van der Waals surface area (Å²) in [6, 6.07) is 26.4. The molecule has 8 nitrogen and oxygen atoms in total. The maximum absolute atomic E-state index is 12.9. The van der Waals surface area contributed by atoms with Gasteiger partial charge in [-0.3, -0.25) is 9.83 Å². The molecular formula is C27H30N4O4. The normalized spacial score (nSPS) is 15.5. The first-order valence-corrected chi connectivity index (χ1v) is 11.4. The van der Waals surface area contributed by atoms with Crippen molar-refractivity contribution in [3.05, 3.63) is 102 Å². The van der Waals surface area contributed by atoms with Gasteiger partial charge in [0.15, 0.2) is 6.10 Å². The zero-order chi connectivity index (χ0) is 24.6. The first-order chi connectivity index (χ1) is 17.0. The molecule has 8 heteroatoms. The molecule has 0 radical (unpaired) electrons. The topological polar surface area (TPSA) is 112 Å². The monoisotopic (exact) mass is 474 g/mol. The van der Waals surface area contributed by atoms with Crippen molar-refractivity contribution in [2.24, 2.45) is 16.6 Å². The molecule has 1 aliphatic heterocycles. The highest BCUT2D eigenvalue weighted by Crippen LogP contribution is 2.26. The summed E-state index contributed by atoms with van der Waals surface area (Å²) in [6.07, 6.45) is -1.70. The summed E-state index contributed by atoms with van der Waals surface area (Å²) >= 11 is 0. The van der Waals surface area contributed by atoms with Gasteiger partial charge in [0.2, 0.25) is 6.10 Å². The Labute approximate surface area is 205 Å². The van der Waals surface area contributed by atoms with Gasteiger partial charge >= 0.3 is 5.97 Å². The van der Waals surface area contributed by atoms with Crippen LogP contribution in [0.3, 0.4) is 0 Å². The van der Waals surface area contributed by atoms with Crippen LogP contribution in [0.5, 0.6) is 5.75 Å². The fraction of sp³-hybridized carbons (Fsp3) is 0.259. The Morgan fingerprint density at radius 3 is 2.06 bits per heavy atom. The molecule has 0 amide bonds. The lowest BCUT2D eigenvalue weighted by molar-refractivity contribution is -0.163. The largest absolute Gasteiger partial charge is 0.490 e. The van der Waals surface area contributed by atoms with Crippen molar-refractivity contribution in [1.29, 1.82) is 0 Å². The summed E-state index contributed by atoms with van der Waals surface area (Å²) < 4.78 is 11.6. The Kier molecular flexibility index (Phi) is 8.10. The standard InChI is InChI=1S/C27H30N4O4/c1-31-16-22(17-31)30-26(28)21-12-14-23(15-13-21)33-18-24(35-29)27(32)34-25(19-8-4-2-5-9-19)20-10-6-3-7-11-20/h2-15,22,24-25H,16-18,29H2,1H3,(H2,28,30). The predicted octanol–water partition coefficient (Wildman–Crippen LogP) is 2.68. The van der Waals surface area contributed by atoms with E-state index < -0.39 is 18.2 Å². The van der Waals surface area contributed by atoms with E-state index in [0.29, 0.717) is 11.6 Å². The van der Waals surface area contributed by atoms with Gasteiger partial charge in [-0.15, -0.1) is 0 Å². The number of amidine groups is 1. The second kappa shape index (κ2) is 11.6. The molecule has 1 saturated heterocycles. The van der Waals surface area contributed by atoms with Crippen molar-refractivity contribution in [3.63, 3.8) is 0 Å². The molecule has 1 fully saturated rings. The number of likely N-dealkylation sites (tertiary alicyclic amines) is 1. The Hall–Kier alpha value is -3.72. The molecule has 35 heavy (non-hydrogen) atoms. The number of carbonyl (C=O) groups excluding carboxylic acids is 1. The van der Waals surface area contributed by atoms with Crippen molar-refractivity contribution in [2.75, 3.05) is 26.7 Å². The van der Waals surface area contributed by atoms with Gasteiger partial charge in [0.25, 0.3) is 0 Å². The maximum atomic E-state index is 12.9. The summed E-state index contributed by atoms with van der Waals surface area (Å²) in [5, 5.41) is 0. The van der Waals surface area contributed by atoms with E-state index in [1.54, 1.807) is 12.1 Å². The number of carbonyl (C=O) groups is 1. The van der Waals surface area contributed by atoms with Crippen molar-refractivity contribution >= 4 is 11.8 Å². The first-order valence-electron chi connectivity index (χ1n) is 11.4. The van der Waals surface area contributed by atoms with Gasteiger partial charge in [-0.25, -0.2) is 10.7 Å². The second-order valence-corrected chi connectivity index (χ2v) is 8.49. The molecule has 4 N–H and O–H groups in total. The van der Waals surface area contributed by atoms with Gasteiger partial charge < -0.3 is 20.1 Å². The smallest absolute Gasteiger partial charge is 0.341 e. The van der Waals surface area contributed by atoms with Gasteiger partial charge in [-0.05, 0) is 42.4 Å². The summed E-state index contributed by atoms with van der Waals surface area (Å²) in [5.41, 5.74) is 8.61. The third-order valence-electron chi connectivity index (χ3n) is 5.78. The van der Waals surface area contributed by atoms with Crippen LogP contribution in [0.1, 0.15) is 22.8 Å². The van der Waals surface area contributed by atoms with Crippen LogP contribution in [0, 0.1) is 0 Å². The molecule has 1 aliphatic rings. The fourth-order valence-corrected chi connectivity index (χ4v) is 3.85. The number of esters is 1. The number of rotatable bonds is 10. The van der Waals surface area contributed by atoms with Crippen LogP contribution in [-0.4, -0.2) is 55.6 Å². The average Bonchev–Trinajstić information content (AvgIpc) is 2.88. The highest BCUT2D eigenvalue weighted by Gasteiger charge is 2.27. The molecule has 1 unspecified atom stereocenters. The van der Waals surface area contributed by atoms with Crippen LogP contribution >= 0.6 is 0 Å². The minimum absolute atomic E-state index is 0.108. The van der Waals surface area contributed by atoms with E-state index in [0.717, 1.165) is 29.8 Å². The van der Waals surface area contributed by atoms with Crippen LogP contribution in [0.2, 0.25) is 0 Å². The van der Waals surface area contributed by atoms with Gasteiger partial charge in [-0.1, -0.05) is 60.7 Å². The molecular weight excluding hydrogens is 444 g/mol. The van der Waals surface area contributed by atoms with Crippen molar-refractivity contribution in [1.82, 2.24) is 4.90 Å². The van der Waals surface area contributed by atoms with Crippen LogP contribution in [0.25, 0.3) is 0 Å². The zero-order valence-corrected chi connectivity index (χ0v) is 19.6. The minimum atomic E-state index is -1.10. The number of ether oxygens (including phenoxy) is 2. The summed E-state index contributed by atoms with van der Waals surface area (Å²) in [4.78, 5) is 24.5. The molecule has 3 aromatic rings. The van der Waals surface area contributed by atoms with E-state index in [1.807, 2.05) is 79.8 Å². The number of nitrogens with two attached hydrogens (primary N) is 2. The molecule has 0 aliphatic carbocycles. The Bertz CT molecular complexity index is 1080. The van der Waals surface area contributed by atoms with Crippen LogP contribution < -0.4 is 16.4 Å². The minimum Gasteiger partial charge on any atom is -0.490 e. The molecule has 4 rings (SSSR count). The van der Waals surface area contributed by atoms with Crippen LogP contribution in [-0.2, 0) is 14.4 Å². The molecule has 1 atom stereocenters. The zero-order valence-electron chi connectivity index (χ0n) is 19.6. The van der Waals surface area contributed by atoms with Crippen LogP contribution in [0.15, 0.2) is 89.9 Å². The van der Waals surface area contributed by atoms with Crippen molar-refractivity contribution < 1.29 is 19.1 Å². The molecule has 0 spiro atoms. The molecule has 1 heterocycles. The SMILES string of the molecule is CN1CC(N=C(N)c2ccc(OCC(ON)C(=O)OC(c3ccccc3)c3ccccc3)cc2)C1. The van der Waals surface area contributed by atoms with E-state index in [9.17, 15) is 4.79 Å². The third-order valence-corrected chi connectivity index (χ3v) is 5.78. The maximum Gasteiger partial charge on any atom is 0.341 e. The molecule has 0 bridgehead atoms. The van der Waals surface area contributed by atoms with Gasteiger partial charge in [0.1, 0.15) is 18.2 Å². The second-order valence-electron chi connectivity index (χ2n) is 8.49. The van der Waals surface area contributed by atoms with E-state index >= 15 is 0 Å². The van der Waals surface area contributed by atoms with E-state index in [4.69, 9.17) is 25.9 Å². The lowest BCUT2D eigenvalue weighted by Crippen LogP contribution is -2.47. The van der Waals surface area contributed by atoms with Gasteiger partial charge in [0.05, 0.1) is 6.04 Å². The van der Waals surface area contributed by atoms with Gasteiger partial charge in [0, 0.05) is 18.7 Å². The number of hydrogen-bond acceptors (Lipinski definition) is 7. The summed E-state index contributed by atoms with van der Waals surface area (Å²) in [7, 11) is 2.05. The number of likely N-dealkylation sites (N-methyl/N-ethyl adjacent to an activating group) is 1. The molecule has 182 valence electrons. The number of nitrogens with zero attached hydrogens (tertiary/aromatic N) is 2. The number of hydrogen-bond donors (Lipinski definition) is 2. The fourth-order valence-electron chi connectivity index (χ4n) is 3.85. The van der Waals surface area contributed by atoms with Crippen LogP contribution in [0.4, 0.5) is 0 Å². The number of benzene rings is 3. The van der Waals surface area contributed by atoms with Gasteiger partial charge in [-0.2, -0.15) is 0 Å². The Balaban J connectivity index is 1.37. The molecule has 0 saturated carbocycles. The molecule has 0 aromatic heterocycles. The summed E-state index contributed by atoms with van der Waals surface area (Å²) in [5.74, 6) is 5.83. The van der Waals surface area contributed by atoms with E-state index in [1.165, 1.54) is 0 Å². The summed E-state index contributed by atoms with van der Waals surface area (Å²) in [6.45, 7) is 1.71.